The van der Waals surface area contributed by atoms with E-state index in [1.807, 2.05) is 12.1 Å². The summed E-state index contributed by atoms with van der Waals surface area (Å²) in [5, 5.41) is 22.6. The molecule has 1 fully saturated rings. The summed E-state index contributed by atoms with van der Waals surface area (Å²) in [6.07, 6.45) is -0.499. The molecule has 0 bridgehead atoms. The van der Waals surface area contributed by atoms with E-state index in [0.717, 1.165) is 31.7 Å². The summed E-state index contributed by atoms with van der Waals surface area (Å²) < 4.78 is 0. The van der Waals surface area contributed by atoms with Crippen LogP contribution in [0.4, 0.5) is 5.00 Å². The first kappa shape index (κ1) is 15.0. The van der Waals surface area contributed by atoms with Crippen molar-refractivity contribution in [3.63, 3.8) is 0 Å². The van der Waals surface area contributed by atoms with Gasteiger partial charge in [0.05, 0.1) is 22.7 Å². The van der Waals surface area contributed by atoms with Gasteiger partial charge in [0.2, 0.25) is 0 Å². The van der Waals surface area contributed by atoms with Crippen molar-refractivity contribution in [2.75, 3.05) is 37.6 Å². The third-order valence-corrected chi connectivity index (χ3v) is 4.97. The lowest BCUT2D eigenvalue weighted by atomic mass is 10.1. The maximum atomic E-state index is 10.4. The van der Waals surface area contributed by atoms with E-state index in [9.17, 15) is 5.11 Å². The largest absolute Gasteiger partial charge is 0.387 e. The fourth-order valence-corrected chi connectivity index (χ4v) is 3.52. The highest BCUT2D eigenvalue weighted by Gasteiger charge is 2.20. The molecule has 2 heterocycles. The van der Waals surface area contributed by atoms with E-state index >= 15 is 0 Å². The van der Waals surface area contributed by atoms with Crippen molar-refractivity contribution >= 4 is 16.3 Å². The molecular formula is C17H19N3OS. The summed E-state index contributed by atoms with van der Waals surface area (Å²) in [5.41, 5.74) is 1.50. The van der Waals surface area contributed by atoms with Gasteiger partial charge >= 0.3 is 0 Å². The Labute approximate surface area is 134 Å². The third kappa shape index (κ3) is 3.47. The van der Waals surface area contributed by atoms with E-state index in [-0.39, 0.29) is 0 Å². The quantitative estimate of drug-likeness (QED) is 0.942. The molecule has 1 aromatic carbocycles. The maximum Gasteiger partial charge on any atom is 0.0991 e. The minimum Gasteiger partial charge on any atom is -0.387 e. The van der Waals surface area contributed by atoms with Crippen molar-refractivity contribution in [3.8, 4) is 6.07 Å². The SMILES string of the molecule is N#Cc1ccc(C(O)CN2CCN(c3cccs3)CC2)cc1. The van der Waals surface area contributed by atoms with E-state index in [1.165, 1.54) is 5.00 Å². The van der Waals surface area contributed by atoms with Crippen molar-refractivity contribution in [3.05, 3.63) is 52.9 Å². The first-order valence-electron chi connectivity index (χ1n) is 7.45. The number of rotatable bonds is 4. The zero-order chi connectivity index (χ0) is 15.4. The van der Waals surface area contributed by atoms with Crippen molar-refractivity contribution in [2.24, 2.45) is 0 Å². The van der Waals surface area contributed by atoms with Crippen molar-refractivity contribution < 1.29 is 5.11 Å². The Bertz CT molecular complexity index is 625. The van der Waals surface area contributed by atoms with Gasteiger partial charge in [0, 0.05) is 32.7 Å². The molecule has 1 N–H and O–H groups in total. The number of β-amino-alcohol motifs (C(OH)–C–C–N with tert-alkyl or cyclic N) is 1. The van der Waals surface area contributed by atoms with Crippen LogP contribution < -0.4 is 4.90 Å². The van der Waals surface area contributed by atoms with Crippen LogP contribution in [-0.4, -0.2) is 42.7 Å². The molecule has 0 aliphatic carbocycles. The van der Waals surface area contributed by atoms with Gasteiger partial charge in [-0.15, -0.1) is 11.3 Å². The molecule has 1 unspecified atom stereocenters. The van der Waals surface area contributed by atoms with E-state index in [2.05, 4.69) is 33.4 Å². The lowest BCUT2D eigenvalue weighted by molar-refractivity contribution is 0.109. The predicted molar refractivity (Wildman–Crippen MR) is 89.1 cm³/mol. The van der Waals surface area contributed by atoms with E-state index in [0.29, 0.717) is 12.1 Å². The molecule has 1 aliphatic heterocycles. The molecule has 1 saturated heterocycles. The molecule has 0 saturated carbocycles. The minimum atomic E-state index is -0.499. The van der Waals surface area contributed by atoms with Crippen LogP contribution in [0.2, 0.25) is 0 Å². The first-order valence-corrected chi connectivity index (χ1v) is 8.33. The van der Waals surface area contributed by atoms with Crippen molar-refractivity contribution in [1.29, 1.82) is 5.26 Å². The zero-order valence-electron chi connectivity index (χ0n) is 12.4. The second-order valence-corrected chi connectivity index (χ2v) is 6.41. The number of piperazine rings is 1. The zero-order valence-corrected chi connectivity index (χ0v) is 13.2. The van der Waals surface area contributed by atoms with Gasteiger partial charge in [-0.2, -0.15) is 5.26 Å². The van der Waals surface area contributed by atoms with Crippen LogP contribution in [0.5, 0.6) is 0 Å². The lowest BCUT2D eigenvalue weighted by Crippen LogP contribution is -2.47. The monoisotopic (exact) mass is 313 g/mol. The standard InChI is InChI=1S/C17H19N3OS/c18-12-14-3-5-15(6-4-14)16(21)13-19-7-9-20(10-8-19)17-2-1-11-22-17/h1-6,11,16,21H,7-10,13H2. The molecule has 22 heavy (non-hydrogen) atoms. The molecule has 114 valence electrons. The Kier molecular flexibility index (Phi) is 4.74. The van der Waals surface area contributed by atoms with Gasteiger partial charge < -0.3 is 10.0 Å². The number of hydrogen-bond donors (Lipinski definition) is 1. The Balaban J connectivity index is 1.52. The lowest BCUT2D eigenvalue weighted by Gasteiger charge is -2.36. The molecular weight excluding hydrogens is 294 g/mol. The summed E-state index contributed by atoms with van der Waals surface area (Å²) in [4.78, 5) is 4.70. The highest BCUT2D eigenvalue weighted by Crippen LogP contribution is 2.23. The topological polar surface area (TPSA) is 50.5 Å². The van der Waals surface area contributed by atoms with E-state index in [4.69, 9.17) is 5.26 Å². The van der Waals surface area contributed by atoms with Gasteiger partial charge in [0.15, 0.2) is 0 Å². The Morgan fingerprint density at radius 2 is 1.86 bits per heavy atom. The van der Waals surface area contributed by atoms with Crippen LogP contribution in [0, 0.1) is 11.3 Å². The molecule has 3 rings (SSSR count). The molecule has 1 aromatic heterocycles. The second kappa shape index (κ2) is 6.93. The molecule has 0 amide bonds. The second-order valence-electron chi connectivity index (χ2n) is 5.49. The summed E-state index contributed by atoms with van der Waals surface area (Å²) >= 11 is 1.78. The molecule has 4 nitrogen and oxygen atoms in total. The summed E-state index contributed by atoms with van der Waals surface area (Å²) in [6.45, 7) is 4.57. The van der Waals surface area contributed by atoms with Crippen LogP contribution >= 0.6 is 11.3 Å². The predicted octanol–water partition coefficient (Wildman–Crippen LogP) is 2.48. The summed E-state index contributed by atoms with van der Waals surface area (Å²) in [6, 6.07) is 13.5. The van der Waals surface area contributed by atoms with Crippen LogP contribution in [-0.2, 0) is 0 Å². The van der Waals surface area contributed by atoms with Gasteiger partial charge in [0.25, 0.3) is 0 Å². The number of hydrogen-bond acceptors (Lipinski definition) is 5. The van der Waals surface area contributed by atoms with Crippen LogP contribution in [0.15, 0.2) is 41.8 Å². The average Bonchev–Trinajstić information content (AvgIpc) is 3.10. The number of anilines is 1. The fraction of sp³-hybridized carbons (Fsp3) is 0.353. The number of aliphatic hydroxyl groups is 1. The fourth-order valence-electron chi connectivity index (χ4n) is 2.73. The number of thiophene rings is 1. The van der Waals surface area contributed by atoms with Gasteiger partial charge in [-0.25, -0.2) is 0 Å². The maximum absolute atomic E-state index is 10.4. The number of nitriles is 1. The first-order chi connectivity index (χ1) is 10.8. The molecule has 2 aromatic rings. The Morgan fingerprint density at radius 3 is 2.45 bits per heavy atom. The normalized spacial score (nSPS) is 17.2. The van der Waals surface area contributed by atoms with Crippen molar-refractivity contribution in [1.82, 2.24) is 4.90 Å². The third-order valence-electron chi connectivity index (χ3n) is 4.05. The van der Waals surface area contributed by atoms with Crippen LogP contribution in [0.25, 0.3) is 0 Å². The number of nitrogens with zero attached hydrogens (tertiary/aromatic N) is 3. The average molecular weight is 313 g/mol. The Hall–Kier alpha value is -1.87. The van der Waals surface area contributed by atoms with E-state index in [1.54, 1.807) is 23.5 Å². The van der Waals surface area contributed by atoms with Crippen LogP contribution in [0.1, 0.15) is 17.2 Å². The molecule has 1 aliphatic rings. The Morgan fingerprint density at radius 1 is 1.14 bits per heavy atom. The molecule has 1 atom stereocenters. The van der Waals surface area contributed by atoms with Crippen molar-refractivity contribution in [2.45, 2.75) is 6.10 Å². The molecule has 0 radical (unpaired) electrons. The number of benzene rings is 1. The minimum absolute atomic E-state index is 0.499. The molecule has 5 heteroatoms. The summed E-state index contributed by atoms with van der Waals surface area (Å²) in [5.74, 6) is 0. The van der Waals surface area contributed by atoms with Gasteiger partial charge in [-0.1, -0.05) is 12.1 Å². The highest BCUT2D eigenvalue weighted by atomic mass is 32.1. The summed E-state index contributed by atoms with van der Waals surface area (Å²) in [7, 11) is 0. The highest BCUT2D eigenvalue weighted by molar-refractivity contribution is 7.14. The number of aliphatic hydroxyl groups excluding tert-OH is 1. The van der Waals surface area contributed by atoms with Gasteiger partial charge in [-0.05, 0) is 35.2 Å². The molecule has 0 spiro atoms. The van der Waals surface area contributed by atoms with Gasteiger partial charge in [-0.3, -0.25) is 4.90 Å². The smallest absolute Gasteiger partial charge is 0.0991 e. The van der Waals surface area contributed by atoms with Gasteiger partial charge in [0.1, 0.15) is 0 Å². The van der Waals surface area contributed by atoms with E-state index < -0.39 is 6.10 Å². The van der Waals surface area contributed by atoms with Crippen LogP contribution in [0.3, 0.4) is 0 Å².